The topological polar surface area (TPSA) is 58.3 Å². The van der Waals surface area contributed by atoms with Gasteiger partial charge in [-0.15, -0.1) is 0 Å². The predicted octanol–water partition coefficient (Wildman–Crippen LogP) is 1.98. The first-order chi connectivity index (χ1) is 7.77. The first-order valence-electron chi connectivity index (χ1n) is 5.15. The van der Waals surface area contributed by atoms with Crippen LogP contribution in [0.1, 0.15) is 16.8 Å². The number of aryl methyl sites for hydroxylation is 1. The molecule has 0 aliphatic carbocycles. The van der Waals surface area contributed by atoms with E-state index in [1.807, 2.05) is 31.2 Å². The Hall–Kier alpha value is -1.81. The molecule has 0 spiro atoms. The van der Waals surface area contributed by atoms with Crippen LogP contribution < -0.4 is 5.32 Å². The maximum Gasteiger partial charge on any atom is 0.124 e. The highest BCUT2D eigenvalue weighted by molar-refractivity contribution is 5.39. The van der Waals surface area contributed by atoms with Gasteiger partial charge in [0.1, 0.15) is 12.0 Å². The molecular formula is C12H14N2O2. The van der Waals surface area contributed by atoms with Crippen molar-refractivity contribution in [3.63, 3.8) is 0 Å². The lowest BCUT2D eigenvalue weighted by molar-refractivity contribution is 0.408. The molecule has 0 saturated carbocycles. The number of hydrogen-bond donors (Lipinski definition) is 2. The molecule has 1 heterocycles. The molecule has 0 amide bonds. The summed E-state index contributed by atoms with van der Waals surface area (Å²) < 4.78 is 4.72. The normalized spacial score (nSPS) is 10.6. The van der Waals surface area contributed by atoms with Gasteiger partial charge in [-0.2, -0.15) is 0 Å². The molecule has 0 atom stereocenters. The second-order valence-corrected chi connectivity index (χ2v) is 3.68. The van der Waals surface area contributed by atoms with Crippen molar-refractivity contribution in [2.45, 2.75) is 20.0 Å². The van der Waals surface area contributed by atoms with E-state index in [4.69, 9.17) is 4.52 Å². The summed E-state index contributed by atoms with van der Waals surface area (Å²) in [4.78, 5) is 0. The van der Waals surface area contributed by atoms with E-state index in [0.29, 0.717) is 18.8 Å². The van der Waals surface area contributed by atoms with Gasteiger partial charge in [0, 0.05) is 24.7 Å². The van der Waals surface area contributed by atoms with E-state index in [0.717, 1.165) is 16.8 Å². The molecule has 1 aromatic carbocycles. The van der Waals surface area contributed by atoms with Crippen molar-refractivity contribution in [3.8, 4) is 5.75 Å². The summed E-state index contributed by atoms with van der Waals surface area (Å²) in [5, 5.41) is 16.8. The first-order valence-corrected chi connectivity index (χ1v) is 5.15. The minimum absolute atomic E-state index is 0.357. The van der Waals surface area contributed by atoms with Crippen LogP contribution in [-0.2, 0) is 13.1 Å². The molecule has 2 N–H and O–H groups in total. The fourth-order valence-electron chi connectivity index (χ4n) is 1.52. The van der Waals surface area contributed by atoms with Crippen LogP contribution in [0.2, 0.25) is 0 Å². The molecule has 2 rings (SSSR count). The van der Waals surface area contributed by atoms with E-state index in [1.54, 1.807) is 6.26 Å². The highest BCUT2D eigenvalue weighted by atomic mass is 16.5. The van der Waals surface area contributed by atoms with E-state index in [1.165, 1.54) is 0 Å². The maximum absolute atomic E-state index is 9.78. The molecule has 0 radical (unpaired) electrons. The number of para-hydroxylation sites is 1. The minimum Gasteiger partial charge on any atom is -0.507 e. The lowest BCUT2D eigenvalue weighted by Gasteiger charge is -2.07. The lowest BCUT2D eigenvalue weighted by Crippen LogP contribution is -2.13. The highest BCUT2D eigenvalue weighted by Crippen LogP contribution is 2.20. The fourth-order valence-corrected chi connectivity index (χ4v) is 1.52. The molecule has 0 bridgehead atoms. The zero-order valence-corrected chi connectivity index (χ0v) is 9.10. The molecule has 1 aromatic heterocycles. The number of nitrogens with zero attached hydrogens (tertiary/aromatic N) is 1. The van der Waals surface area contributed by atoms with E-state index in [2.05, 4.69) is 10.5 Å². The Morgan fingerprint density at radius 3 is 2.94 bits per heavy atom. The predicted molar refractivity (Wildman–Crippen MR) is 59.9 cm³/mol. The van der Waals surface area contributed by atoms with Crippen LogP contribution in [0.5, 0.6) is 5.75 Å². The van der Waals surface area contributed by atoms with Crippen molar-refractivity contribution >= 4 is 0 Å². The van der Waals surface area contributed by atoms with Gasteiger partial charge in [0.2, 0.25) is 0 Å². The quantitative estimate of drug-likeness (QED) is 0.823. The van der Waals surface area contributed by atoms with Crippen molar-refractivity contribution in [2.75, 3.05) is 0 Å². The van der Waals surface area contributed by atoms with Gasteiger partial charge in [-0.1, -0.05) is 23.4 Å². The van der Waals surface area contributed by atoms with Crippen molar-refractivity contribution < 1.29 is 9.63 Å². The first kappa shape index (κ1) is 10.7. The third kappa shape index (κ3) is 2.41. The minimum atomic E-state index is 0.357. The van der Waals surface area contributed by atoms with Crippen molar-refractivity contribution in [1.82, 2.24) is 10.5 Å². The van der Waals surface area contributed by atoms with Crippen molar-refractivity contribution in [1.29, 1.82) is 0 Å². The second-order valence-electron chi connectivity index (χ2n) is 3.68. The standard InChI is InChI=1S/C12H14N2O2/c1-9-3-2-4-10(12(9)15)7-13-8-11-5-6-16-14-11/h2-6,13,15H,7-8H2,1H3. The van der Waals surface area contributed by atoms with Gasteiger partial charge >= 0.3 is 0 Å². The van der Waals surface area contributed by atoms with E-state index in [9.17, 15) is 5.11 Å². The molecule has 0 saturated heterocycles. The number of rotatable bonds is 4. The molecule has 84 valence electrons. The Labute approximate surface area is 93.9 Å². The summed E-state index contributed by atoms with van der Waals surface area (Å²) in [6.45, 7) is 3.13. The molecule has 0 aliphatic rings. The second kappa shape index (κ2) is 4.81. The van der Waals surface area contributed by atoms with Gasteiger partial charge < -0.3 is 14.9 Å². The number of nitrogens with one attached hydrogen (secondary N) is 1. The average Bonchev–Trinajstić information content (AvgIpc) is 2.77. The summed E-state index contributed by atoms with van der Waals surface area (Å²) in [5.74, 6) is 0.357. The zero-order chi connectivity index (χ0) is 11.4. The SMILES string of the molecule is Cc1cccc(CNCc2ccon2)c1O. The Kier molecular flexibility index (Phi) is 3.22. The Morgan fingerprint density at radius 1 is 1.31 bits per heavy atom. The molecule has 16 heavy (non-hydrogen) atoms. The number of phenolic OH excluding ortho intramolecular Hbond substituents is 1. The third-order valence-electron chi connectivity index (χ3n) is 2.43. The molecule has 0 unspecified atom stereocenters. The molecular weight excluding hydrogens is 204 g/mol. The lowest BCUT2D eigenvalue weighted by atomic mass is 10.1. The third-order valence-corrected chi connectivity index (χ3v) is 2.43. The summed E-state index contributed by atoms with van der Waals surface area (Å²) in [7, 11) is 0. The highest BCUT2D eigenvalue weighted by Gasteiger charge is 2.03. The van der Waals surface area contributed by atoms with Gasteiger partial charge in [-0.05, 0) is 12.5 Å². The number of benzene rings is 1. The number of aromatic hydroxyl groups is 1. The van der Waals surface area contributed by atoms with Crippen LogP contribution in [-0.4, -0.2) is 10.3 Å². The van der Waals surface area contributed by atoms with E-state index < -0.39 is 0 Å². The Balaban J connectivity index is 1.92. The largest absolute Gasteiger partial charge is 0.507 e. The summed E-state index contributed by atoms with van der Waals surface area (Å²) in [6.07, 6.45) is 1.54. The molecule has 0 fully saturated rings. The van der Waals surface area contributed by atoms with Crippen LogP contribution in [0.15, 0.2) is 35.1 Å². The summed E-state index contributed by atoms with van der Waals surface area (Å²) in [5.41, 5.74) is 2.64. The summed E-state index contributed by atoms with van der Waals surface area (Å²) >= 11 is 0. The van der Waals surface area contributed by atoms with Crippen LogP contribution in [0.4, 0.5) is 0 Å². The van der Waals surface area contributed by atoms with Gasteiger partial charge in [-0.3, -0.25) is 0 Å². The molecule has 2 aromatic rings. The molecule has 4 nitrogen and oxygen atoms in total. The van der Waals surface area contributed by atoms with Crippen LogP contribution in [0.25, 0.3) is 0 Å². The molecule has 4 heteroatoms. The summed E-state index contributed by atoms with van der Waals surface area (Å²) in [6, 6.07) is 7.53. The molecule has 0 aliphatic heterocycles. The van der Waals surface area contributed by atoms with Gasteiger partial charge in [0.05, 0.1) is 5.69 Å². The van der Waals surface area contributed by atoms with Crippen molar-refractivity contribution in [3.05, 3.63) is 47.3 Å². The number of aromatic nitrogens is 1. The van der Waals surface area contributed by atoms with E-state index >= 15 is 0 Å². The number of hydrogen-bond acceptors (Lipinski definition) is 4. The number of phenols is 1. The van der Waals surface area contributed by atoms with Gasteiger partial charge in [-0.25, -0.2) is 0 Å². The monoisotopic (exact) mass is 218 g/mol. The smallest absolute Gasteiger partial charge is 0.124 e. The van der Waals surface area contributed by atoms with Gasteiger partial charge in [0.15, 0.2) is 0 Å². The zero-order valence-electron chi connectivity index (χ0n) is 9.10. The van der Waals surface area contributed by atoms with E-state index in [-0.39, 0.29) is 0 Å². The van der Waals surface area contributed by atoms with Gasteiger partial charge in [0.25, 0.3) is 0 Å². The van der Waals surface area contributed by atoms with Crippen LogP contribution in [0, 0.1) is 6.92 Å². The van der Waals surface area contributed by atoms with Crippen molar-refractivity contribution in [2.24, 2.45) is 0 Å². The van der Waals surface area contributed by atoms with Crippen LogP contribution >= 0.6 is 0 Å². The van der Waals surface area contributed by atoms with Crippen LogP contribution in [0.3, 0.4) is 0 Å². The average molecular weight is 218 g/mol. The fraction of sp³-hybridized carbons (Fsp3) is 0.250. The Morgan fingerprint density at radius 2 is 2.19 bits per heavy atom. The Bertz CT molecular complexity index is 452. The maximum atomic E-state index is 9.78.